The molecule has 0 aliphatic rings. The molecule has 1 rings (SSSR count). The summed E-state index contributed by atoms with van der Waals surface area (Å²) >= 11 is 0. The Balaban J connectivity index is 2.28. The Morgan fingerprint density at radius 3 is 2.56 bits per heavy atom. The number of sulfonamides is 1. The second kappa shape index (κ2) is 6.93. The molecular formula is C12H16N2O3S. The molecule has 1 amide bonds. The van der Waals surface area contributed by atoms with E-state index in [1.165, 1.54) is 6.08 Å². The maximum absolute atomic E-state index is 11.4. The molecule has 1 aromatic rings. The first kappa shape index (κ1) is 14.4. The largest absolute Gasteiger partial charge is 0.353 e. The topological polar surface area (TPSA) is 89.3 Å². The molecule has 0 spiro atoms. The number of rotatable bonds is 6. The number of nitrogens with two attached hydrogens (primary N) is 1. The second-order valence-corrected chi connectivity index (χ2v) is 5.49. The number of hydrogen-bond acceptors (Lipinski definition) is 3. The predicted molar refractivity (Wildman–Crippen MR) is 71.1 cm³/mol. The van der Waals surface area contributed by atoms with Crippen LogP contribution in [-0.4, -0.2) is 26.6 Å². The van der Waals surface area contributed by atoms with Crippen LogP contribution in [0.25, 0.3) is 6.08 Å². The molecule has 6 heteroatoms. The van der Waals surface area contributed by atoms with Crippen LogP contribution in [0.2, 0.25) is 0 Å². The van der Waals surface area contributed by atoms with Crippen LogP contribution in [0.3, 0.4) is 0 Å². The van der Waals surface area contributed by atoms with Gasteiger partial charge in [-0.1, -0.05) is 30.3 Å². The van der Waals surface area contributed by atoms with Crippen LogP contribution in [0.4, 0.5) is 0 Å². The number of primary sulfonamides is 1. The first-order chi connectivity index (χ1) is 8.47. The Bertz CT molecular complexity index is 509. The van der Waals surface area contributed by atoms with Crippen molar-refractivity contribution in [2.75, 3.05) is 12.3 Å². The van der Waals surface area contributed by atoms with E-state index in [0.29, 0.717) is 6.42 Å². The van der Waals surface area contributed by atoms with Gasteiger partial charge in [-0.25, -0.2) is 13.6 Å². The highest BCUT2D eigenvalue weighted by molar-refractivity contribution is 7.89. The van der Waals surface area contributed by atoms with E-state index in [-0.39, 0.29) is 18.2 Å². The molecule has 0 unspecified atom stereocenters. The average Bonchev–Trinajstić information content (AvgIpc) is 2.32. The van der Waals surface area contributed by atoms with Crippen LogP contribution < -0.4 is 10.5 Å². The molecule has 0 saturated carbocycles. The number of hydrogen-bond donors (Lipinski definition) is 2. The molecule has 18 heavy (non-hydrogen) atoms. The monoisotopic (exact) mass is 268 g/mol. The fourth-order valence-corrected chi connectivity index (χ4v) is 1.83. The van der Waals surface area contributed by atoms with Crippen LogP contribution in [0.1, 0.15) is 12.0 Å². The van der Waals surface area contributed by atoms with E-state index < -0.39 is 10.0 Å². The van der Waals surface area contributed by atoms with Crippen LogP contribution >= 0.6 is 0 Å². The Morgan fingerprint density at radius 1 is 1.28 bits per heavy atom. The SMILES string of the molecule is NS(=O)(=O)CCCNC(=O)/C=C/c1ccccc1. The second-order valence-electron chi connectivity index (χ2n) is 3.76. The lowest BCUT2D eigenvalue weighted by Crippen LogP contribution is -2.25. The molecular weight excluding hydrogens is 252 g/mol. The summed E-state index contributed by atoms with van der Waals surface area (Å²) in [7, 11) is -3.45. The highest BCUT2D eigenvalue weighted by Gasteiger charge is 2.02. The lowest BCUT2D eigenvalue weighted by atomic mass is 10.2. The van der Waals surface area contributed by atoms with Gasteiger partial charge in [-0.05, 0) is 18.1 Å². The zero-order chi connectivity index (χ0) is 13.4. The first-order valence-electron chi connectivity index (χ1n) is 5.49. The van der Waals surface area contributed by atoms with Crippen LogP contribution in [-0.2, 0) is 14.8 Å². The van der Waals surface area contributed by atoms with E-state index in [1.807, 2.05) is 30.3 Å². The lowest BCUT2D eigenvalue weighted by molar-refractivity contribution is -0.116. The molecule has 1 aromatic carbocycles. The summed E-state index contributed by atoms with van der Waals surface area (Å²) in [5.74, 6) is -0.386. The van der Waals surface area contributed by atoms with Gasteiger partial charge in [0.15, 0.2) is 0 Å². The molecule has 0 bridgehead atoms. The minimum Gasteiger partial charge on any atom is -0.353 e. The van der Waals surface area contributed by atoms with Crippen LogP contribution in [0.15, 0.2) is 36.4 Å². The molecule has 0 aliphatic carbocycles. The summed E-state index contributed by atoms with van der Waals surface area (Å²) in [6, 6.07) is 9.41. The van der Waals surface area contributed by atoms with Gasteiger partial charge >= 0.3 is 0 Å². The summed E-state index contributed by atoms with van der Waals surface area (Å²) in [6.45, 7) is 0.286. The van der Waals surface area contributed by atoms with Gasteiger partial charge < -0.3 is 5.32 Å². The Labute approximate surface area is 107 Å². The minimum absolute atomic E-state index is 0.129. The molecule has 0 atom stereocenters. The Hall–Kier alpha value is -1.66. The van der Waals surface area contributed by atoms with Gasteiger partial charge in [-0.15, -0.1) is 0 Å². The number of carbonyl (C=O) groups is 1. The van der Waals surface area contributed by atoms with Crippen molar-refractivity contribution < 1.29 is 13.2 Å². The molecule has 0 saturated heterocycles. The van der Waals surface area contributed by atoms with E-state index in [1.54, 1.807) is 6.08 Å². The Kier molecular flexibility index (Phi) is 5.54. The zero-order valence-corrected chi connectivity index (χ0v) is 10.7. The maximum Gasteiger partial charge on any atom is 0.243 e. The average molecular weight is 268 g/mol. The van der Waals surface area contributed by atoms with E-state index in [2.05, 4.69) is 5.32 Å². The summed E-state index contributed by atoms with van der Waals surface area (Å²) in [4.78, 5) is 11.4. The number of amides is 1. The lowest BCUT2D eigenvalue weighted by Gasteiger charge is -2.00. The van der Waals surface area contributed by atoms with Crippen LogP contribution in [0.5, 0.6) is 0 Å². The minimum atomic E-state index is -3.45. The van der Waals surface area contributed by atoms with Crippen molar-refractivity contribution in [3.05, 3.63) is 42.0 Å². The predicted octanol–water partition coefficient (Wildman–Crippen LogP) is 0.495. The van der Waals surface area contributed by atoms with Crippen molar-refractivity contribution in [3.8, 4) is 0 Å². The van der Waals surface area contributed by atoms with Crippen molar-refractivity contribution in [1.29, 1.82) is 0 Å². The number of nitrogens with one attached hydrogen (secondary N) is 1. The third-order valence-electron chi connectivity index (χ3n) is 2.13. The summed E-state index contributed by atoms with van der Waals surface area (Å²) in [5, 5.41) is 7.41. The van der Waals surface area contributed by atoms with E-state index in [9.17, 15) is 13.2 Å². The zero-order valence-electron chi connectivity index (χ0n) is 9.87. The van der Waals surface area contributed by atoms with Crippen molar-refractivity contribution in [2.45, 2.75) is 6.42 Å². The fourth-order valence-electron chi connectivity index (χ4n) is 1.28. The molecule has 0 aliphatic heterocycles. The van der Waals surface area contributed by atoms with Crippen molar-refractivity contribution >= 4 is 22.0 Å². The van der Waals surface area contributed by atoms with Gasteiger partial charge in [0.2, 0.25) is 15.9 Å². The highest BCUT2D eigenvalue weighted by atomic mass is 32.2. The standard InChI is InChI=1S/C12H16N2O3S/c13-18(16,17)10-4-9-14-12(15)8-7-11-5-2-1-3-6-11/h1-3,5-8H,4,9-10H2,(H,14,15)(H2,13,16,17)/b8-7+. The van der Waals surface area contributed by atoms with Gasteiger partial charge in [0.25, 0.3) is 0 Å². The molecule has 5 nitrogen and oxygen atoms in total. The highest BCUT2D eigenvalue weighted by Crippen LogP contribution is 2.00. The molecule has 0 radical (unpaired) electrons. The molecule has 3 N–H and O–H groups in total. The maximum atomic E-state index is 11.4. The molecule has 0 fully saturated rings. The van der Waals surface area contributed by atoms with E-state index in [0.717, 1.165) is 5.56 Å². The van der Waals surface area contributed by atoms with E-state index in [4.69, 9.17) is 5.14 Å². The van der Waals surface area contributed by atoms with Gasteiger partial charge in [-0.2, -0.15) is 0 Å². The summed E-state index contributed by atoms with van der Waals surface area (Å²) < 4.78 is 21.3. The van der Waals surface area contributed by atoms with Crippen molar-refractivity contribution in [2.24, 2.45) is 5.14 Å². The first-order valence-corrected chi connectivity index (χ1v) is 7.20. The number of carbonyl (C=O) groups excluding carboxylic acids is 1. The Morgan fingerprint density at radius 2 is 1.94 bits per heavy atom. The third kappa shape index (κ3) is 6.82. The fraction of sp³-hybridized carbons (Fsp3) is 0.250. The van der Waals surface area contributed by atoms with E-state index >= 15 is 0 Å². The number of benzene rings is 1. The summed E-state index contributed by atoms with van der Waals surface area (Å²) in [5.41, 5.74) is 0.928. The summed E-state index contributed by atoms with van der Waals surface area (Å²) in [6.07, 6.45) is 3.41. The van der Waals surface area contributed by atoms with Gasteiger partial charge in [0.1, 0.15) is 0 Å². The molecule has 0 heterocycles. The normalized spacial score (nSPS) is 11.6. The third-order valence-corrected chi connectivity index (χ3v) is 2.99. The molecule has 98 valence electrons. The van der Waals surface area contributed by atoms with Crippen LogP contribution in [0, 0.1) is 0 Å². The van der Waals surface area contributed by atoms with Gasteiger partial charge in [-0.3, -0.25) is 4.79 Å². The quantitative estimate of drug-likeness (QED) is 0.581. The van der Waals surface area contributed by atoms with Gasteiger partial charge in [0, 0.05) is 12.6 Å². The smallest absolute Gasteiger partial charge is 0.243 e. The van der Waals surface area contributed by atoms with Crippen molar-refractivity contribution in [3.63, 3.8) is 0 Å². The van der Waals surface area contributed by atoms with Crippen molar-refractivity contribution in [1.82, 2.24) is 5.32 Å². The van der Waals surface area contributed by atoms with Gasteiger partial charge in [0.05, 0.1) is 5.75 Å². The molecule has 0 aromatic heterocycles.